The highest BCUT2D eigenvalue weighted by atomic mass is 79.9. The highest BCUT2D eigenvalue weighted by molar-refractivity contribution is 9.11. The average molecular weight is 949 g/mol. The van der Waals surface area contributed by atoms with Gasteiger partial charge in [-0.2, -0.15) is 0 Å². The molecule has 5 heterocycles. The van der Waals surface area contributed by atoms with Crippen molar-refractivity contribution >= 4 is 76.0 Å². The summed E-state index contributed by atoms with van der Waals surface area (Å²) in [4.78, 5) is 38.7. The normalized spacial score (nSPS) is 12.8. The number of aromatic nitrogens is 8. The van der Waals surface area contributed by atoms with Crippen LogP contribution in [0.3, 0.4) is 0 Å². The second-order valence-corrected chi connectivity index (χ2v) is 20.9. The van der Waals surface area contributed by atoms with Gasteiger partial charge in [0.2, 0.25) is 0 Å². The second kappa shape index (κ2) is 14.0. The second-order valence-electron chi connectivity index (χ2n) is 19.2. The number of benzene rings is 5. The molecule has 0 aliphatic carbocycles. The van der Waals surface area contributed by atoms with Gasteiger partial charge in [-0.25, -0.2) is 29.9 Å². The Kier molecular flexibility index (Phi) is 9.07. The molecule has 12 heteroatoms. The standard InChI is InChI=1S/C50H44Br2N8O2/c1-48(2,3)24-10-14-28-32(18-24)44-53-40(28)55-45-34-20-26(50(7,8)9)12-16-30(34)42(57-45)59-47-35-21-27(62-39-23-36(51)38(61)22-37(39)52)13-17-31(35)43(60-47)58-46-33-19-25(49(4,5)6)11-15-29(33)41(54-44)56-46/h10-23,61H,1-9H3,(H2,53,54,55,56,57,58,59,60). The Balaban J connectivity index is 1.33. The van der Waals surface area contributed by atoms with Crippen molar-refractivity contribution < 1.29 is 9.84 Å². The smallest absolute Gasteiger partial charge is 0.164 e. The Bertz CT molecular complexity index is 3370. The Morgan fingerprint density at radius 1 is 0.435 bits per heavy atom. The first kappa shape index (κ1) is 40.1. The quantitative estimate of drug-likeness (QED) is 0.156. The van der Waals surface area contributed by atoms with Crippen LogP contribution >= 0.6 is 31.9 Å². The number of halogens is 2. The molecule has 8 aromatic rings. The molecular formula is C50H44Br2N8O2. The summed E-state index contributed by atoms with van der Waals surface area (Å²) in [5.41, 5.74) is 9.15. The van der Waals surface area contributed by atoms with Crippen LogP contribution in [0.15, 0.2) is 93.9 Å². The molecule has 0 fully saturated rings. The third-order valence-electron chi connectivity index (χ3n) is 11.6. The summed E-state index contributed by atoms with van der Waals surface area (Å²) >= 11 is 6.96. The van der Waals surface area contributed by atoms with Crippen LogP contribution in [-0.2, 0) is 16.2 Å². The van der Waals surface area contributed by atoms with Gasteiger partial charge in [0.05, 0.1) is 8.95 Å². The van der Waals surface area contributed by atoms with Gasteiger partial charge < -0.3 is 19.8 Å². The van der Waals surface area contributed by atoms with Gasteiger partial charge in [-0.1, -0.05) is 98.7 Å². The van der Waals surface area contributed by atoms with Gasteiger partial charge in [-0.05, 0) is 113 Å². The van der Waals surface area contributed by atoms with Crippen LogP contribution < -0.4 is 4.74 Å². The van der Waals surface area contributed by atoms with E-state index < -0.39 is 0 Å². The molecule has 0 saturated carbocycles. The number of nitrogens with zero attached hydrogens (tertiary/aromatic N) is 6. The number of fused-ring (bicyclic) bond motifs is 20. The fourth-order valence-corrected chi connectivity index (χ4v) is 8.69. The molecule has 310 valence electrons. The van der Waals surface area contributed by atoms with Gasteiger partial charge in [0, 0.05) is 43.8 Å². The van der Waals surface area contributed by atoms with Crippen LogP contribution in [-0.4, -0.2) is 45.0 Å². The Hall–Kier alpha value is -5.98. The first-order chi connectivity index (χ1) is 29.3. The summed E-state index contributed by atoms with van der Waals surface area (Å²) in [5.74, 6) is 3.34. The van der Waals surface area contributed by atoms with E-state index in [2.05, 4.69) is 159 Å². The number of hydrogen-bond donors (Lipinski definition) is 3. The Labute approximate surface area is 375 Å². The lowest BCUT2D eigenvalue weighted by atomic mass is 9.85. The molecule has 5 aromatic carbocycles. The number of hydrogen-bond acceptors (Lipinski definition) is 8. The number of aromatic hydroxyl groups is 1. The van der Waals surface area contributed by atoms with E-state index in [-0.39, 0.29) is 22.0 Å². The Morgan fingerprint density at radius 3 is 1.35 bits per heavy atom. The number of rotatable bonds is 2. The number of phenolic OH excluding ortho intramolecular Hbond substituents is 1. The molecule has 0 amide bonds. The van der Waals surface area contributed by atoms with Gasteiger partial charge >= 0.3 is 0 Å². The summed E-state index contributed by atoms with van der Waals surface area (Å²) in [6.45, 7) is 19.9. The first-order valence-electron chi connectivity index (χ1n) is 20.5. The van der Waals surface area contributed by atoms with E-state index in [0.29, 0.717) is 66.3 Å². The van der Waals surface area contributed by atoms with Crippen LogP contribution in [0.1, 0.15) is 79.0 Å². The maximum atomic E-state index is 10.3. The zero-order valence-electron chi connectivity index (χ0n) is 35.9. The minimum Gasteiger partial charge on any atom is -0.507 e. The molecule has 0 radical (unpaired) electrons. The third kappa shape index (κ3) is 6.93. The first-order valence-corrected chi connectivity index (χ1v) is 22.1. The number of aromatic amines is 2. The summed E-state index contributed by atoms with van der Waals surface area (Å²) in [6.07, 6.45) is 0. The highest BCUT2D eigenvalue weighted by Crippen LogP contribution is 2.42. The van der Waals surface area contributed by atoms with Crippen molar-refractivity contribution in [2.45, 2.75) is 78.6 Å². The molecule has 10 nitrogen and oxygen atoms in total. The predicted molar refractivity (Wildman–Crippen MR) is 256 cm³/mol. The van der Waals surface area contributed by atoms with E-state index in [1.807, 2.05) is 18.2 Å². The molecule has 3 N–H and O–H groups in total. The summed E-state index contributed by atoms with van der Waals surface area (Å²) in [5, 5.41) is 13.7. The van der Waals surface area contributed by atoms with Crippen molar-refractivity contribution in [3.05, 3.63) is 111 Å². The number of nitrogens with one attached hydrogen (secondary N) is 2. The maximum Gasteiger partial charge on any atom is 0.164 e. The van der Waals surface area contributed by atoms with E-state index >= 15 is 0 Å². The lowest BCUT2D eigenvalue weighted by Gasteiger charge is -2.19. The van der Waals surface area contributed by atoms with Crippen LogP contribution in [0.2, 0.25) is 0 Å². The van der Waals surface area contributed by atoms with Crippen molar-refractivity contribution in [2.24, 2.45) is 0 Å². The predicted octanol–water partition coefficient (Wildman–Crippen LogP) is 13.8. The lowest BCUT2D eigenvalue weighted by Crippen LogP contribution is -2.10. The Morgan fingerprint density at radius 2 is 0.855 bits per heavy atom. The topological polar surface area (TPSA) is 138 Å². The molecule has 62 heavy (non-hydrogen) atoms. The molecule has 0 saturated heterocycles. The zero-order chi connectivity index (χ0) is 43.6. The fourth-order valence-electron chi connectivity index (χ4n) is 7.96. The van der Waals surface area contributed by atoms with Crippen LogP contribution in [0.25, 0.3) is 89.7 Å². The monoisotopic (exact) mass is 946 g/mol. The van der Waals surface area contributed by atoms with Crippen molar-refractivity contribution in [1.29, 1.82) is 0 Å². The van der Waals surface area contributed by atoms with Gasteiger partial charge in [0.1, 0.15) is 39.8 Å². The molecule has 0 unspecified atom stereocenters. The van der Waals surface area contributed by atoms with Crippen molar-refractivity contribution in [3.8, 4) is 62.8 Å². The molecule has 2 aliphatic heterocycles. The van der Waals surface area contributed by atoms with Gasteiger partial charge in [-0.3, -0.25) is 0 Å². The van der Waals surface area contributed by atoms with E-state index in [4.69, 9.17) is 34.6 Å². The summed E-state index contributed by atoms with van der Waals surface area (Å²) in [6, 6.07) is 28.5. The van der Waals surface area contributed by atoms with E-state index in [9.17, 15) is 5.11 Å². The van der Waals surface area contributed by atoms with E-state index in [1.165, 1.54) is 5.56 Å². The van der Waals surface area contributed by atoms with E-state index in [0.717, 1.165) is 54.9 Å². The number of phenols is 1. The molecule has 3 aromatic heterocycles. The van der Waals surface area contributed by atoms with Crippen LogP contribution in [0.4, 0.5) is 0 Å². The van der Waals surface area contributed by atoms with E-state index in [1.54, 1.807) is 12.1 Å². The maximum absolute atomic E-state index is 10.3. The van der Waals surface area contributed by atoms with Crippen molar-refractivity contribution in [3.63, 3.8) is 0 Å². The molecule has 8 bridgehead atoms. The number of ether oxygens (including phenoxy) is 1. The largest absolute Gasteiger partial charge is 0.507 e. The minimum atomic E-state index is -0.115. The third-order valence-corrected chi connectivity index (χ3v) is 12.9. The molecule has 2 aliphatic rings. The summed E-state index contributed by atoms with van der Waals surface area (Å²) < 4.78 is 7.52. The zero-order valence-corrected chi connectivity index (χ0v) is 39.0. The van der Waals surface area contributed by atoms with Crippen LogP contribution in [0, 0.1) is 0 Å². The molecule has 0 spiro atoms. The lowest BCUT2D eigenvalue weighted by molar-refractivity contribution is 0.459. The fraction of sp³-hybridized carbons (Fsp3) is 0.240. The van der Waals surface area contributed by atoms with Gasteiger partial charge in [0.25, 0.3) is 0 Å². The average Bonchev–Trinajstić information content (AvgIpc) is 3.93. The molecular weight excluding hydrogens is 904 g/mol. The summed E-state index contributed by atoms with van der Waals surface area (Å²) in [7, 11) is 0. The van der Waals surface area contributed by atoms with Gasteiger partial charge in [-0.15, -0.1) is 0 Å². The van der Waals surface area contributed by atoms with Crippen LogP contribution in [0.5, 0.6) is 17.2 Å². The van der Waals surface area contributed by atoms with Crippen molar-refractivity contribution in [2.75, 3.05) is 0 Å². The highest BCUT2D eigenvalue weighted by Gasteiger charge is 2.27. The SMILES string of the molecule is CC(C)(C)c1ccc2c(c1)-c1nc-2nc2[nH]c(nc3nc(nc4[nH]c(n1)c1ccc(Oc5cc(Br)c(O)cc5Br)cc41)-c1ccc(C(C)(C)C)cc1-3)c1ccc(C(C)(C)C)cc21. The molecule has 0 atom stereocenters. The minimum absolute atomic E-state index is 0.0942. The van der Waals surface area contributed by atoms with Crippen molar-refractivity contribution in [1.82, 2.24) is 39.9 Å². The number of H-pyrrole nitrogens is 2. The van der Waals surface area contributed by atoms with Gasteiger partial charge in [0.15, 0.2) is 23.3 Å². The molecule has 10 rings (SSSR count).